The quantitative estimate of drug-likeness (QED) is 0.694. The summed E-state index contributed by atoms with van der Waals surface area (Å²) in [6, 6.07) is 0.142. The first-order valence-electron chi connectivity index (χ1n) is 5.16. The highest BCUT2D eigenvalue weighted by Gasteiger charge is 2.29. The second-order valence-electron chi connectivity index (χ2n) is 4.20. The molecule has 0 radical (unpaired) electrons. The van der Waals surface area contributed by atoms with Crippen LogP contribution in [0, 0.1) is 5.92 Å². The predicted molar refractivity (Wildman–Crippen MR) is 57.6 cm³/mol. The first kappa shape index (κ1) is 11.9. The van der Waals surface area contributed by atoms with Crippen LogP contribution in [-0.4, -0.2) is 32.0 Å². The average Bonchev–Trinajstić information content (AvgIpc) is 2.11. The molecule has 5 heteroatoms. The van der Waals surface area contributed by atoms with Gasteiger partial charge in [-0.25, -0.2) is 8.42 Å². The summed E-state index contributed by atoms with van der Waals surface area (Å²) in [7, 11) is -2.91. The zero-order valence-electron chi connectivity index (χ0n) is 8.65. The van der Waals surface area contributed by atoms with Crippen LogP contribution in [0.25, 0.3) is 0 Å². The van der Waals surface area contributed by atoms with Gasteiger partial charge in [-0.2, -0.15) is 0 Å². The molecule has 0 spiro atoms. The molecule has 0 aromatic heterocycles. The molecule has 1 aliphatic rings. The van der Waals surface area contributed by atoms with Crippen LogP contribution in [0.4, 0.5) is 0 Å². The molecule has 1 saturated carbocycles. The maximum Gasteiger partial charge on any atom is 0.150 e. The van der Waals surface area contributed by atoms with Crippen molar-refractivity contribution in [2.75, 3.05) is 11.5 Å². The predicted octanol–water partition coefficient (Wildman–Crippen LogP) is -0.124. The molecular weight excluding hydrogens is 200 g/mol. The van der Waals surface area contributed by atoms with Gasteiger partial charge in [0.25, 0.3) is 0 Å². The molecule has 14 heavy (non-hydrogen) atoms. The van der Waals surface area contributed by atoms with Gasteiger partial charge in [-0.05, 0) is 25.2 Å². The monoisotopic (exact) mass is 220 g/mol. The fourth-order valence-electron chi connectivity index (χ4n) is 1.96. The average molecular weight is 220 g/mol. The minimum absolute atomic E-state index is 0.0103. The van der Waals surface area contributed by atoms with Gasteiger partial charge in [0.05, 0.1) is 5.75 Å². The molecule has 0 aromatic carbocycles. The van der Waals surface area contributed by atoms with Gasteiger partial charge < -0.3 is 11.5 Å². The Balaban J connectivity index is 2.58. The van der Waals surface area contributed by atoms with Crippen molar-refractivity contribution in [1.29, 1.82) is 0 Å². The Morgan fingerprint density at radius 2 is 1.93 bits per heavy atom. The maximum atomic E-state index is 11.4. The number of rotatable bonds is 3. The molecule has 0 heterocycles. The summed E-state index contributed by atoms with van der Waals surface area (Å²) in [4.78, 5) is 0. The number of hydrogen-bond acceptors (Lipinski definition) is 4. The normalized spacial score (nSPS) is 34.4. The van der Waals surface area contributed by atoms with Gasteiger partial charge >= 0.3 is 0 Å². The summed E-state index contributed by atoms with van der Waals surface area (Å²) in [6.45, 7) is 1.67. The molecule has 1 aliphatic carbocycles. The van der Waals surface area contributed by atoms with Crippen molar-refractivity contribution in [1.82, 2.24) is 0 Å². The molecule has 3 atom stereocenters. The molecule has 1 rings (SSSR count). The van der Waals surface area contributed by atoms with E-state index >= 15 is 0 Å². The van der Waals surface area contributed by atoms with E-state index in [9.17, 15) is 8.42 Å². The van der Waals surface area contributed by atoms with Gasteiger partial charge in [0.2, 0.25) is 0 Å². The maximum absolute atomic E-state index is 11.4. The molecule has 0 amide bonds. The van der Waals surface area contributed by atoms with Gasteiger partial charge in [-0.3, -0.25) is 0 Å². The summed E-state index contributed by atoms with van der Waals surface area (Å²) in [5.74, 6) is 0.466. The highest BCUT2D eigenvalue weighted by Crippen LogP contribution is 2.23. The summed E-state index contributed by atoms with van der Waals surface area (Å²) in [6.07, 6.45) is 2.52. The van der Waals surface area contributed by atoms with Crippen LogP contribution in [0.5, 0.6) is 0 Å². The standard InChI is InChI=1S/C9H20N2O2S/c1-2-14(12,13)6-7-5-8(10)3-4-9(7)11/h7-9H,2-6,10-11H2,1H3/t7-,8+,9-/m0/s1. The first-order valence-corrected chi connectivity index (χ1v) is 6.98. The number of sulfone groups is 1. The molecule has 4 N–H and O–H groups in total. The molecule has 0 bridgehead atoms. The molecule has 0 aliphatic heterocycles. The fourth-order valence-corrected chi connectivity index (χ4v) is 3.23. The topological polar surface area (TPSA) is 86.2 Å². The Morgan fingerprint density at radius 3 is 2.50 bits per heavy atom. The largest absolute Gasteiger partial charge is 0.328 e. The molecule has 84 valence electrons. The summed E-state index contributed by atoms with van der Waals surface area (Å²) >= 11 is 0. The highest BCUT2D eigenvalue weighted by atomic mass is 32.2. The van der Waals surface area contributed by atoms with Crippen molar-refractivity contribution < 1.29 is 8.42 Å². The van der Waals surface area contributed by atoms with E-state index < -0.39 is 9.84 Å². The van der Waals surface area contributed by atoms with Crippen molar-refractivity contribution in [3.05, 3.63) is 0 Å². The second kappa shape index (κ2) is 4.59. The lowest BCUT2D eigenvalue weighted by molar-refractivity contribution is 0.300. The lowest BCUT2D eigenvalue weighted by Gasteiger charge is -2.31. The third kappa shape index (κ3) is 3.22. The van der Waals surface area contributed by atoms with E-state index in [0.717, 1.165) is 19.3 Å². The summed E-state index contributed by atoms with van der Waals surface area (Å²) in [5.41, 5.74) is 11.7. The van der Waals surface area contributed by atoms with Crippen LogP contribution in [0.2, 0.25) is 0 Å². The first-order chi connectivity index (χ1) is 6.44. The lowest BCUT2D eigenvalue weighted by Crippen LogP contribution is -2.44. The van der Waals surface area contributed by atoms with Crippen molar-refractivity contribution >= 4 is 9.84 Å². The van der Waals surface area contributed by atoms with Crippen LogP contribution < -0.4 is 11.5 Å². The lowest BCUT2D eigenvalue weighted by atomic mass is 9.83. The molecular formula is C9H20N2O2S. The Labute approximate surface area is 86.0 Å². The van der Waals surface area contributed by atoms with E-state index in [1.807, 2.05) is 0 Å². The van der Waals surface area contributed by atoms with Crippen LogP contribution >= 0.6 is 0 Å². The van der Waals surface area contributed by atoms with Crippen LogP contribution in [0.1, 0.15) is 26.2 Å². The molecule has 0 saturated heterocycles. The zero-order chi connectivity index (χ0) is 10.8. The van der Waals surface area contributed by atoms with Crippen molar-refractivity contribution in [3.63, 3.8) is 0 Å². The van der Waals surface area contributed by atoms with E-state index in [-0.39, 0.29) is 29.5 Å². The Bertz CT molecular complexity index is 277. The van der Waals surface area contributed by atoms with E-state index in [2.05, 4.69) is 0 Å². The van der Waals surface area contributed by atoms with Crippen LogP contribution in [-0.2, 0) is 9.84 Å². The minimum atomic E-state index is -2.91. The second-order valence-corrected chi connectivity index (χ2v) is 6.59. The molecule has 0 aromatic rings. The van der Waals surface area contributed by atoms with Crippen molar-refractivity contribution in [2.45, 2.75) is 38.3 Å². The third-order valence-electron chi connectivity index (χ3n) is 2.99. The van der Waals surface area contributed by atoms with E-state index in [1.54, 1.807) is 6.92 Å². The Hall–Kier alpha value is -0.130. The Kier molecular flexibility index (Phi) is 3.92. The van der Waals surface area contributed by atoms with Crippen LogP contribution in [0.15, 0.2) is 0 Å². The van der Waals surface area contributed by atoms with Gasteiger partial charge in [0.1, 0.15) is 9.84 Å². The van der Waals surface area contributed by atoms with E-state index in [0.29, 0.717) is 0 Å². The van der Waals surface area contributed by atoms with Gasteiger partial charge in [-0.1, -0.05) is 6.92 Å². The summed E-state index contributed by atoms with van der Waals surface area (Å²) < 4.78 is 22.8. The number of nitrogens with two attached hydrogens (primary N) is 2. The van der Waals surface area contributed by atoms with E-state index in [4.69, 9.17) is 11.5 Å². The van der Waals surface area contributed by atoms with Crippen molar-refractivity contribution in [2.24, 2.45) is 17.4 Å². The van der Waals surface area contributed by atoms with Crippen LogP contribution in [0.3, 0.4) is 0 Å². The van der Waals surface area contributed by atoms with Gasteiger partial charge in [0.15, 0.2) is 0 Å². The minimum Gasteiger partial charge on any atom is -0.328 e. The smallest absolute Gasteiger partial charge is 0.150 e. The number of hydrogen-bond donors (Lipinski definition) is 2. The van der Waals surface area contributed by atoms with Gasteiger partial charge in [0, 0.05) is 17.8 Å². The third-order valence-corrected chi connectivity index (χ3v) is 4.81. The summed E-state index contributed by atoms with van der Waals surface area (Å²) in [5, 5.41) is 0. The molecule has 0 unspecified atom stereocenters. The van der Waals surface area contributed by atoms with Crippen molar-refractivity contribution in [3.8, 4) is 0 Å². The Morgan fingerprint density at radius 1 is 1.29 bits per heavy atom. The zero-order valence-corrected chi connectivity index (χ0v) is 9.46. The highest BCUT2D eigenvalue weighted by molar-refractivity contribution is 7.91. The fraction of sp³-hybridized carbons (Fsp3) is 1.00. The molecule has 1 fully saturated rings. The SMILES string of the molecule is CCS(=O)(=O)C[C@@H]1C[C@H](N)CC[C@@H]1N. The van der Waals surface area contributed by atoms with E-state index in [1.165, 1.54) is 0 Å². The van der Waals surface area contributed by atoms with Gasteiger partial charge in [-0.15, -0.1) is 0 Å². The molecule has 4 nitrogen and oxygen atoms in total.